The number of benzene rings is 2. The van der Waals surface area contributed by atoms with Crippen LogP contribution in [0.2, 0.25) is 0 Å². The van der Waals surface area contributed by atoms with Crippen molar-refractivity contribution in [3.05, 3.63) is 59.7 Å². The molecular formula is C17H20N2O3. The largest absolute Gasteiger partial charge is 0.492 e. The molecule has 0 fully saturated rings. The molecule has 5 nitrogen and oxygen atoms in total. The fourth-order valence-corrected chi connectivity index (χ4v) is 2.04. The Morgan fingerprint density at radius 1 is 0.773 bits per heavy atom. The summed E-state index contributed by atoms with van der Waals surface area (Å²) in [5.74, 6) is 0.887. The van der Waals surface area contributed by atoms with Gasteiger partial charge in [-0.3, -0.25) is 4.79 Å². The lowest BCUT2D eigenvalue weighted by atomic mass is 10.0. The van der Waals surface area contributed by atoms with Crippen molar-refractivity contribution in [2.45, 2.75) is 0 Å². The molecule has 4 N–H and O–H groups in total. The summed E-state index contributed by atoms with van der Waals surface area (Å²) in [6.07, 6.45) is 0. The first-order valence-electron chi connectivity index (χ1n) is 7.16. The molecular weight excluding hydrogens is 280 g/mol. The lowest BCUT2D eigenvalue weighted by Crippen LogP contribution is -2.14. The zero-order chi connectivity index (χ0) is 15.8. The third-order valence-electron chi connectivity index (χ3n) is 3.01. The maximum atomic E-state index is 12.8. The van der Waals surface area contributed by atoms with Gasteiger partial charge in [-0.25, -0.2) is 0 Å². The minimum atomic E-state index is -0.153. The van der Waals surface area contributed by atoms with Crippen molar-refractivity contribution in [2.75, 3.05) is 26.3 Å². The molecule has 0 heterocycles. The zero-order valence-electron chi connectivity index (χ0n) is 12.3. The highest BCUT2D eigenvalue weighted by Crippen LogP contribution is 2.26. The number of ketones is 1. The Hall–Kier alpha value is -2.37. The van der Waals surface area contributed by atoms with E-state index >= 15 is 0 Å². The maximum Gasteiger partial charge on any atom is 0.200 e. The number of ether oxygens (including phenoxy) is 2. The van der Waals surface area contributed by atoms with E-state index < -0.39 is 0 Å². The average molecular weight is 300 g/mol. The van der Waals surface area contributed by atoms with Crippen molar-refractivity contribution in [3.8, 4) is 11.5 Å². The highest BCUT2D eigenvalue weighted by atomic mass is 16.5. The van der Waals surface area contributed by atoms with Crippen LogP contribution in [0.1, 0.15) is 15.9 Å². The second-order valence-corrected chi connectivity index (χ2v) is 4.60. The molecule has 0 unspecified atom stereocenters. The van der Waals surface area contributed by atoms with Gasteiger partial charge in [0.15, 0.2) is 5.78 Å². The lowest BCUT2D eigenvalue weighted by molar-refractivity contribution is 0.103. The van der Waals surface area contributed by atoms with E-state index in [0.29, 0.717) is 48.9 Å². The Kier molecular flexibility index (Phi) is 5.94. The summed E-state index contributed by atoms with van der Waals surface area (Å²) in [4.78, 5) is 12.8. The summed E-state index contributed by atoms with van der Waals surface area (Å²) in [5, 5.41) is 0. The number of para-hydroxylation sites is 2. The predicted molar refractivity (Wildman–Crippen MR) is 85.4 cm³/mol. The fraction of sp³-hybridized carbons (Fsp3) is 0.235. The molecule has 5 heteroatoms. The van der Waals surface area contributed by atoms with Gasteiger partial charge in [0.1, 0.15) is 24.7 Å². The topological polar surface area (TPSA) is 87.6 Å². The molecule has 0 amide bonds. The monoisotopic (exact) mass is 300 g/mol. The van der Waals surface area contributed by atoms with Crippen molar-refractivity contribution in [2.24, 2.45) is 11.5 Å². The van der Waals surface area contributed by atoms with Crippen LogP contribution in [0.15, 0.2) is 48.5 Å². The Morgan fingerprint density at radius 2 is 1.18 bits per heavy atom. The van der Waals surface area contributed by atoms with Gasteiger partial charge in [0.25, 0.3) is 0 Å². The summed E-state index contributed by atoms with van der Waals surface area (Å²) in [6.45, 7) is 1.49. The lowest BCUT2D eigenvalue weighted by Gasteiger charge is -2.13. The van der Waals surface area contributed by atoms with Crippen molar-refractivity contribution in [1.29, 1.82) is 0 Å². The molecule has 0 bridgehead atoms. The van der Waals surface area contributed by atoms with Gasteiger partial charge in [-0.15, -0.1) is 0 Å². The van der Waals surface area contributed by atoms with Crippen molar-refractivity contribution in [1.82, 2.24) is 0 Å². The number of carbonyl (C=O) groups is 1. The van der Waals surface area contributed by atoms with Crippen molar-refractivity contribution in [3.63, 3.8) is 0 Å². The molecule has 22 heavy (non-hydrogen) atoms. The number of rotatable bonds is 8. The van der Waals surface area contributed by atoms with Gasteiger partial charge in [0.05, 0.1) is 11.1 Å². The van der Waals surface area contributed by atoms with E-state index in [4.69, 9.17) is 20.9 Å². The van der Waals surface area contributed by atoms with E-state index in [1.165, 1.54) is 0 Å². The van der Waals surface area contributed by atoms with Gasteiger partial charge < -0.3 is 20.9 Å². The van der Waals surface area contributed by atoms with Crippen LogP contribution in [0.25, 0.3) is 0 Å². The van der Waals surface area contributed by atoms with E-state index in [2.05, 4.69) is 0 Å². The smallest absolute Gasteiger partial charge is 0.200 e. The number of carbonyl (C=O) groups excluding carboxylic acids is 1. The van der Waals surface area contributed by atoms with Gasteiger partial charge in [0.2, 0.25) is 0 Å². The molecule has 0 aliphatic heterocycles. The minimum absolute atomic E-state index is 0.153. The van der Waals surface area contributed by atoms with Crippen LogP contribution in [-0.4, -0.2) is 32.1 Å². The summed E-state index contributed by atoms with van der Waals surface area (Å²) in [7, 11) is 0. The molecule has 0 saturated carbocycles. The molecule has 0 radical (unpaired) electrons. The first-order valence-corrected chi connectivity index (χ1v) is 7.16. The SMILES string of the molecule is NCCOc1ccccc1C(=O)c1ccccc1OCCN. The highest BCUT2D eigenvalue weighted by molar-refractivity contribution is 6.12. The third-order valence-corrected chi connectivity index (χ3v) is 3.01. The van der Waals surface area contributed by atoms with Crippen molar-refractivity contribution < 1.29 is 14.3 Å². The standard InChI is InChI=1S/C17H20N2O3/c18-9-11-21-15-7-3-1-5-13(15)17(20)14-6-2-4-8-16(14)22-12-10-19/h1-8H,9-12,18-19H2. The molecule has 2 aromatic carbocycles. The molecule has 116 valence electrons. The van der Waals surface area contributed by atoms with Crippen LogP contribution in [-0.2, 0) is 0 Å². The normalized spacial score (nSPS) is 10.3. The van der Waals surface area contributed by atoms with Gasteiger partial charge >= 0.3 is 0 Å². The van der Waals surface area contributed by atoms with E-state index in [1.54, 1.807) is 36.4 Å². The second-order valence-electron chi connectivity index (χ2n) is 4.60. The zero-order valence-corrected chi connectivity index (χ0v) is 12.3. The van der Waals surface area contributed by atoms with Gasteiger partial charge in [-0.05, 0) is 24.3 Å². The fourth-order valence-electron chi connectivity index (χ4n) is 2.04. The van der Waals surface area contributed by atoms with Crippen LogP contribution >= 0.6 is 0 Å². The van der Waals surface area contributed by atoms with Gasteiger partial charge in [0, 0.05) is 13.1 Å². The highest BCUT2D eigenvalue weighted by Gasteiger charge is 2.18. The summed E-state index contributed by atoms with van der Waals surface area (Å²) >= 11 is 0. The van der Waals surface area contributed by atoms with E-state index in [9.17, 15) is 4.79 Å². The molecule has 0 atom stereocenters. The Balaban J connectivity index is 2.32. The molecule has 0 spiro atoms. The Morgan fingerprint density at radius 3 is 1.59 bits per heavy atom. The summed E-state index contributed by atoms with van der Waals surface area (Å²) in [5.41, 5.74) is 11.9. The van der Waals surface area contributed by atoms with Crippen LogP contribution in [0.5, 0.6) is 11.5 Å². The van der Waals surface area contributed by atoms with E-state index in [-0.39, 0.29) is 5.78 Å². The number of hydrogen-bond donors (Lipinski definition) is 2. The van der Waals surface area contributed by atoms with Crippen LogP contribution in [0.4, 0.5) is 0 Å². The Bertz CT molecular complexity index is 575. The van der Waals surface area contributed by atoms with E-state index in [0.717, 1.165) is 0 Å². The number of nitrogens with two attached hydrogens (primary N) is 2. The molecule has 2 aromatic rings. The maximum absolute atomic E-state index is 12.8. The van der Waals surface area contributed by atoms with Crippen LogP contribution in [0, 0.1) is 0 Å². The molecule has 0 aromatic heterocycles. The average Bonchev–Trinajstić information content (AvgIpc) is 2.58. The van der Waals surface area contributed by atoms with Crippen LogP contribution < -0.4 is 20.9 Å². The first kappa shape index (κ1) is 16.0. The van der Waals surface area contributed by atoms with E-state index in [1.807, 2.05) is 12.1 Å². The predicted octanol–water partition coefficient (Wildman–Crippen LogP) is 1.59. The van der Waals surface area contributed by atoms with Crippen LogP contribution in [0.3, 0.4) is 0 Å². The third kappa shape index (κ3) is 3.84. The van der Waals surface area contributed by atoms with Gasteiger partial charge in [-0.2, -0.15) is 0 Å². The molecule has 0 saturated heterocycles. The summed E-state index contributed by atoms with van der Waals surface area (Å²) in [6, 6.07) is 14.2. The second kappa shape index (κ2) is 8.17. The molecule has 0 aliphatic rings. The Labute approximate surface area is 129 Å². The molecule has 0 aliphatic carbocycles. The molecule has 2 rings (SSSR count). The number of hydrogen-bond acceptors (Lipinski definition) is 5. The first-order chi connectivity index (χ1) is 10.8. The van der Waals surface area contributed by atoms with Crippen molar-refractivity contribution >= 4 is 5.78 Å². The van der Waals surface area contributed by atoms with Gasteiger partial charge in [-0.1, -0.05) is 24.3 Å². The minimum Gasteiger partial charge on any atom is -0.492 e. The summed E-state index contributed by atoms with van der Waals surface area (Å²) < 4.78 is 11.1. The quantitative estimate of drug-likeness (QED) is 0.723.